The van der Waals surface area contributed by atoms with E-state index in [1.165, 1.54) is 5.56 Å². The molecule has 0 saturated carbocycles. The summed E-state index contributed by atoms with van der Waals surface area (Å²) in [4.78, 5) is 2.49. The van der Waals surface area contributed by atoms with E-state index in [0.29, 0.717) is 0 Å². The van der Waals surface area contributed by atoms with Crippen LogP contribution in [-0.2, 0) is 15.9 Å². The van der Waals surface area contributed by atoms with Crippen molar-refractivity contribution in [2.45, 2.75) is 45.4 Å². The van der Waals surface area contributed by atoms with E-state index in [1.807, 2.05) is 0 Å². The van der Waals surface area contributed by atoms with Gasteiger partial charge in [-0.25, -0.2) is 0 Å². The van der Waals surface area contributed by atoms with Gasteiger partial charge in [-0.3, -0.25) is 4.90 Å². The second kappa shape index (κ2) is 5.97. The SMILES string of the molecule is CC1(C)OB(c2cccc(CN3CCNCC3)c2)OC1(C)C. The molecular weight excluding hydrogens is 275 g/mol. The average Bonchev–Trinajstić information content (AvgIpc) is 2.69. The molecule has 0 atom stereocenters. The lowest BCUT2D eigenvalue weighted by Gasteiger charge is -2.32. The van der Waals surface area contributed by atoms with Gasteiger partial charge in [-0.05, 0) is 38.7 Å². The fourth-order valence-corrected chi connectivity index (χ4v) is 2.94. The van der Waals surface area contributed by atoms with Gasteiger partial charge in [0.05, 0.1) is 11.2 Å². The molecule has 2 fully saturated rings. The monoisotopic (exact) mass is 302 g/mol. The first-order valence-electron chi connectivity index (χ1n) is 8.25. The lowest BCUT2D eigenvalue weighted by atomic mass is 9.78. The molecule has 2 saturated heterocycles. The summed E-state index contributed by atoms with van der Waals surface area (Å²) in [6, 6.07) is 8.63. The fraction of sp³-hybridized carbons (Fsp3) is 0.647. The van der Waals surface area contributed by atoms with Gasteiger partial charge in [0.1, 0.15) is 0 Å². The minimum atomic E-state index is -0.286. The van der Waals surface area contributed by atoms with E-state index in [-0.39, 0.29) is 18.3 Å². The molecule has 22 heavy (non-hydrogen) atoms. The highest BCUT2D eigenvalue weighted by Gasteiger charge is 2.51. The number of rotatable bonds is 3. The lowest BCUT2D eigenvalue weighted by Crippen LogP contribution is -2.43. The Bertz CT molecular complexity index is 511. The normalized spacial score (nSPS) is 24.6. The van der Waals surface area contributed by atoms with Crippen molar-refractivity contribution >= 4 is 12.6 Å². The summed E-state index contributed by atoms with van der Waals surface area (Å²) in [5.74, 6) is 0. The van der Waals surface area contributed by atoms with E-state index < -0.39 is 0 Å². The van der Waals surface area contributed by atoms with Crippen molar-refractivity contribution in [3.05, 3.63) is 29.8 Å². The molecule has 5 heteroatoms. The number of hydrogen-bond donors (Lipinski definition) is 1. The van der Waals surface area contributed by atoms with Crippen LogP contribution in [0.25, 0.3) is 0 Å². The molecule has 3 rings (SSSR count). The van der Waals surface area contributed by atoms with E-state index in [0.717, 1.165) is 38.2 Å². The predicted octanol–water partition coefficient (Wildman–Crippen LogP) is 1.39. The molecule has 2 heterocycles. The topological polar surface area (TPSA) is 33.7 Å². The minimum Gasteiger partial charge on any atom is -0.399 e. The van der Waals surface area contributed by atoms with Crippen molar-refractivity contribution in [2.24, 2.45) is 0 Å². The zero-order chi connectivity index (χ0) is 15.8. The van der Waals surface area contributed by atoms with Gasteiger partial charge in [0.25, 0.3) is 0 Å². The molecule has 0 unspecified atom stereocenters. The van der Waals surface area contributed by atoms with Crippen molar-refractivity contribution in [1.29, 1.82) is 0 Å². The highest BCUT2D eigenvalue weighted by atomic mass is 16.7. The summed E-state index contributed by atoms with van der Waals surface area (Å²) < 4.78 is 12.3. The van der Waals surface area contributed by atoms with Crippen LogP contribution in [0.1, 0.15) is 33.3 Å². The predicted molar refractivity (Wildman–Crippen MR) is 90.3 cm³/mol. The van der Waals surface area contributed by atoms with E-state index in [1.54, 1.807) is 0 Å². The average molecular weight is 302 g/mol. The summed E-state index contributed by atoms with van der Waals surface area (Å²) >= 11 is 0. The van der Waals surface area contributed by atoms with E-state index >= 15 is 0 Å². The molecule has 0 aromatic heterocycles. The second-order valence-corrected chi connectivity index (χ2v) is 7.36. The van der Waals surface area contributed by atoms with Gasteiger partial charge in [-0.15, -0.1) is 0 Å². The number of hydrogen-bond acceptors (Lipinski definition) is 4. The summed E-state index contributed by atoms with van der Waals surface area (Å²) in [6.45, 7) is 13.8. The third-order valence-corrected chi connectivity index (χ3v) is 5.09. The van der Waals surface area contributed by atoms with Gasteiger partial charge in [0.15, 0.2) is 0 Å². The van der Waals surface area contributed by atoms with Crippen LogP contribution in [0.4, 0.5) is 0 Å². The number of benzene rings is 1. The Kier molecular flexibility index (Phi) is 4.34. The van der Waals surface area contributed by atoms with Crippen LogP contribution < -0.4 is 10.8 Å². The standard InChI is InChI=1S/C17H27BN2O2/c1-16(2)17(3,4)22-18(21-16)15-7-5-6-14(12-15)13-20-10-8-19-9-11-20/h5-7,12,19H,8-11,13H2,1-4H3. The van der Waals surface area contributed by atoms with Crippen LogP contribution >= 0.6 is 0 Å². The zero-order valence-corrected chi connectivity index (χ0v) is 14.2. The molecule has 0 radical (unpaired) electrons. The molecule has 2 aliphatic rings. The van der Waals surface area contributed by atoms with Crippen LogP contribution in [-0.4, -0.2) is 49.4 Å². The number of nitrogens with zero attached hydrogens (tertiary/aromatic N) is 1. The molecule has 1 aromatic carbocycles. The Morgan fingerprint density at radius 3 is 2.36 bits per heavy atom. The van der Waals surface area contributed by atoms with E-state index in [4.69, 9.17) is 9.31 Å². The molecule has 0 amide bonds. The molecule has 1 N–H and O–H groups in total. The molecule has 0 bridgehead atoms. The molecule has 4 nitrogen and oxygen atoms in total. The fourth-order valence-electron chi connectivity index (χ4n) is 2.94. The number of nitrogens with one attached hydrogen (secondary N) is 1. The maximum Gasteiger partial charge on any atom is 0.494 e. The molecule has 0 spiro atoms. The maximum atomic E-state index is 6.15. The maximum absolute atomic E-state index is 6.15. The quantitative estimate of drug-likeness (QED) is 0.856. The highest BCUT2D eigenvalue weighted by molar-refractivity contribution is 6.62. The van der Waals surface area contributed by atoms with Crippen molar-refractivity contribution < 1.29 is 9.31 Å². The Morgan fingerprint density at radius 1 is 1.09 bits per heavy atom. The molecule has 2 aliphatic heterocycles. The zero-order valence-electron chi connectivity index (χ0n) is 14.2. The van der Waals surface area contributed by atoms with Gasteiger partial charge in [-0.2, -0.15) is 0 Å². The van der Waals surface area contributed by atoms with Gasteiger partial charge >= 0.3 is 7.12 Å². The Balaban J connectivity index is 1.72. The molecule has 0 aliphatic carbocycles. The lowest BCUT2D eigenvalue weighted by molar-refractivity contribution is 0.00578. The molecule has 1 aromatic rings. The number of piperazine rings is 1. The highest BCUT2D eigenvalue weighted by Crippen LogP contribution is 2.36. The largest absolute Gasteiger partial charge is 0.494 e. The summed E-state index contributed by atoms with van der Waals surface area (Å²) in [5.41, 5.74) is 1.87. The summed E-state index contributed by atoms with van der Waals surface area (Å²) in [7, 11) is -0.270. The third-order valence-electron chi connectivity index (χ3n) is 5.09. The Labute approximate surface area is 134 Å². The Hall–Kier alpha value is -0.875. The summed E-state index contributed by atoms with van der Waals surface area (Å²) in [5, 5.41) is 3.39. The van der Waals surface area contributed by atoms with Crippen molar-refractivity contribution in [3.8, 4) is 0 Å². The van der Waals surface area contributed by atoms with Crippen molar-refractivity contribution in [2.75, 3.05) is 26.2 Å². The van der Waals surface area contributed by atoms with Crippen molar-refractivity contribution in [1.82, 2.24) is 10.2 Å². The first kappa shape index (κ1) is 16.0. The van der Waals surface area contributed by atoms with Crippen LogP contribution in [0.15, 0.2) is 24.3 Å². The minimum absolute atomic E-state index is 0.270. The van der Waals surface area contributed by atoms with Crippen LogP contribution in [0.5, 0.6) is 0 Å². The van der Waals surface area contributed by atoms with Gasteiger partial charge in [0, 0.05) is 32.7 Å². The first-order valence-corrected chi connectivity index (χ1v) is 8.25. The van der Waals surface area contributed by atoms with Crippen LogP contribution in [0.3, 0.4) is 0 Å². The first-order chi connectivity index (χ1) is 10.4. The van der Waals surface area contributed by atoms with Crippen LogP contribution in [0, 0.1) is 0 Å². The van der Waals surface area contributed by atoms with Gasteiger partial charge in [-0.1, -0.05) is 24.3 Å². The van der Waals surface area contributed by atoms with Gasteiger partial charge in [0.2, 0.25) is 0 Å². The summed E-state index contributed by atoms with van der Waals surface area (Å²) in [6.07, 6.45) is 0. The Morgan fingerprint density at radius 2 is 1.73 bits per heavy atom. The van der Waals surface area contributed by atoms with E-state index in [2.05, 4.69) is 62.2 Å². The van der Waals surface area contributed by atoms with E-state index in [9.17, 15) is 0 Å². The van der Waals surface area contributed by atoms with Crippen LogP contribution in [0.2, 0.25) is 0 Å². The third kappa shape index (κ3) is 3.23. The van der Waals surface area contributed by atoms with Crippen molar-refractivity contribution in [3.63, 3.8) is 0 Å². The second-order valence-electron chi connectivity index (χ2n) is 7.36. The van der Waals surface area contributed by atoms with Gasteiger partial charge < -0.3 is 14.6 Å². The smallest absolute Gasteiger partial charge is 0.399 e. The molecular formula is C17H27BN2O2. The molecule has 120 valence electrons.